The summed E-state index contributed by atoms with van der Waals surface area (Å²) in [5.41, 5.74) is 0. The molecule has 174 valence electrons. The number of esters is 1. The zero-order valence-electron chi connectivity index (χ0n) is 18.5. The first-order chi connectivity index (χ1) is 14.7. The second kappa shape index (κ2) is 10.1. The molecule has 0 bridgehead atoms. The molecule has 2 fully saturated rings. The van der Waals surface area contributed by atoms with Crippen LogP contribution in [0, 0.1) is 5.92 Å². The first-order valence-electron chi connectivity index (χ1n) is 11.0. The van der Waals surface area contributed by atoms with Crippen LogP contribution in [0.3, 0.4) is 0 Å². The van der Waals surface area contributed by atoms with Gasteiger partial charge in [-0.15, -0.1) is 0 Å². The number of likely N-dealkylation sites (tertiary alicyclic amines) is 1. The van der Waals surface area contributed by atoms with Crippen LogP contribution in [-0.2, 0) is 19.6 Å². The molecule has 1 amide bonds. The van der Waals surface area contributed by atoms with Crippen molar-refractivity contribution in [2.45, 2.75) is 63.6 Å². The molecule has 2 aliphatic rings. The summed E-state index contributed by atoms with van der Waals surface area (Å²) in [6.45, 7) is 8.64. The number of furan rings is 1. The van der Waals surface area contributed by atoms with Crippen LogP contribution >= 0.6 is 0 Å². The summed E-state index contributed by atoms with van der Waals surface area (Å²) in [7, 11) is -3.86. The van der Waals surface area contributed by atoms with E-state index in [1.807, 2.05) is 0 Å². The number of nitrogens with zero attached hydrogens (tertiary/aromatic N) is 2. The van der Waals surface area contributed by atoms with E-state index in [-0.39, 0.29) is 48.4 Å². The number of carbonyl (C=O) groups is 2. The average molecular weight is 456 g/mol. The van der Waals surface area contributed by atoms with E-state index in [4.69, 9.17) is 9.15 Å². The van der Waals surface area contributed by atoms with Crippen molar-refractivity contribution < 1.29 is 27.2 Å². The molecule has 0 spiro atoms. The molecule has 2 saturated heterocycles. The second-order valence-electron chi connectivity index (χ2n) is 8.43. The second-order valence-corrected chi connectivity index (χ2v) is 10.3. The molecule has 10 heteroatoms. The molecular formula is C21H33N3O6S. The fourth-order valence-electron chi connectivity index (χ4n) is 4.14. The Balaban J connectivity index is 1.51. The number of amides is 1. The summed E-state index contributed by atoms with van der Waals surface area (Å²) in [6.07, 6.45) is 2.81. The minimum Gasteiger partial charge on any atom is -0.460 e. The summed E-state index contributed by atoms with van der Waals surface area (Å²) in [4.78, 5) is 26.8. The van der Waals surface area contributed by atoms with E-state index in [1.165, 1.54) is 16.4 Å². The van der Waals surface area contributed by atoms with Gasteiger partial charge in [-0.3, -0.25) is 4.79 Å². The van der Waals surface area contributed by atoms with Crippen LogP contribution in [0.25, 0.3) is 0 Å². The maximum absolute atomic E-state index is 12.8. The van der Waals surface area contributed by atoms with E-state index >= 15 is 0 Å². The predicted octanol–water partition coefficient (Wildman–Crippen LogP) is 1.85. The van der Waals surface area contributed by atoms with E-state index < -0.39 is 16.0 Å². The van der Waals surface area contributed by atoms with Gasteiger partial charge in [-0.1, -0.05) is 0 Å². The molecule has 31 heavy (non-hydrogen) atoms. The highest BCUT2D eigenvalue weighted by Gasteiger charge is 2.35. The van der Waals surface area contributed by atoms with Crippen LogP contribution in [-0.4, -0.2) is 74.4 Å². The summed E-state index contributed by atoms with van der Waals surface area (Å²) in [6, 6.07) is 3.28. The smallest absolute Gasteiger partial charge is 0.374 e. The van der Waals surface area contributed by atoms with Crippen molar-refractivity contribution in [2.75, 3.05) is 32.8 Å². The number of ether oxygens (including phenoxy) is 1. The molecule has 2 aliphatic heterocycles. The number of hydrogen-bond acceptors (Lipinski definition) is 7. The van der Waals surface area contributed by atoms with Gasteiger partial charge in [0, 0.05) is 44.2 Å². The van der Waals surface area contributed by atoms with E-state index in [2.05, 4.69) is 24.1 Å². The Morgan fingerprint density at radius 2 is 1.77 bits per heavy atom. The van der Waals surface area contributed by atoms with Crippen LogP contribution in [0.5, 0.6) is 0 Å². The molecule has 1 aromatic rings. The van der Waals surface area contributed by atoms with E-state index in [9.17, 15) is 18.0 Å². The van der Waals surface area contributed by atoms with Crippen LogP contribution in [0.1, 0.15) is 57.0 Å². The van der Waals surface area contributed by atoms with Crippen molar-refractivity contribution >= 4 is 21.9 Å². The molecule has 0 saturated carbocycles. The van der Waals surface area contributed by atoms with Crippen molar-refractivity contribution in [3.63, 3.8) is 0 Å². The standard InChI is InChI=1S/C21H33N3O6S/c1-4-29-21(26)18-5-6-19(30-18)31(27,28)24-13-7-16(8-14-24)20(25)22-17-9-11-23(12-10-17)15(2)3/h5-6,15-17H,4,7-14H2,1-3H3,(H,22,25). The van der Waals surface area contributed by atoms with Gasteiger partial charge in [0.2, 0.25) is 16.8 Å². The van der Waals surface area contributed by atoms with Gasteiger partial charge in [-0.25, -0.2) is 13.2 Å². The van der Waals surface area contributed by atoms with Crippen molar-refractivity contribution in [1.82, 2.24) is 14.5 Å². The Morgan fingerprint density at radius 3 is 2.35 bits per heavy atom. The highest BCUT2D eigenvalue weighted by Crippen LogP contribution is 2.26. The molecule has 3 heterocycles. The Labute approximate surface area is 184 Å². The van der Waals surface area contributed by atoms with E-state index in [0.717, 1.165) is 25.9 Å². The summed E-state index contributed by atoms with van der Waals surface area (Å²) in [5.74, 6) is -1.01. The normalized spacial score (nSPS) is 20.1. The number of hydrogen-bond donors (Lipinski definition) is 1. The molecule has 1 aromatic heterocycles. The average Bonchev–Trinajstić information content (AvgIpc) is 3.26. The van der Waals surface area contributed by atoms with Crippen LogP contribution in [0.15, 0.2) is 21.6 Å². The molecular weight excluding hydrogens is 422 g/mol. The Hall–Kier alpha value is -1.91. The summed E-state index contributed by atoms with van der Waals surface area (Å²) in [5, 5.41) is 2.88. The number of nitrogens with one attached hydrogen (secondary N) is 1. The molecule has 9 nitrogen and oxygen atoms in total. The van der Waals surface area contributed by atoms with Gasteiger partial charge in [0.05, 0.1) is 6.61 Å². The SMILES string of the molecule is CCOC(=O)c1ccc(S(=O)(=O)N2CCC(C(=O)NC3CCN(C(C)C)CC3)CC2)o1. The lowest BCUT2D eigenvalue weighted by atomic mass is 9.95. The van der Waals surface area contributed by atoms with Gasteiger partial charge in [0.1, 0.15) is 0 Å². The van der Waals surface area contributed by atoms with Crippen molar-refractivity contribution in [3.8, 4) is 0 Å². The number of sulfonamides is 1. The third-order valence-corrected chi connectivity index (χ3v) is 7.86. The monoisotopic (exact) mass is 455 g/mol. The maximum Gasteiger partial charge on any atom is 0.374 e. The lowest BCUT2D eigenvalue weighted by Crippen LogP contribution is -2.49. The number of carbonyl (C=O) groups excluding carboxylic acids is 2. The van der Waals surface area contributed by atoms with E-state index in [0.29, 0.717) is 18.9 Å². The molecule has 0 aliphatic carbocycles. The van der Waals surface area contributed by atoms with Gasteiger partial charge in [0.15, 0.2) is 0 Å². The summed E-state index contributed by atoms with van der Waals surface area (Å²) >= 11 is 0. The molecule has 0 aromatic carbocycles. The molecule has 3 rings (SSSR count). The highest BCUT2D eigenvalue weighted by molar-refractivity contribution is 7.89. The fourth-order valence-corrected chi connectivity index (χ4v) is 5.52. The van der Waals surface area contributed by atoms with Crippen molar-refractivity contribution in [2.24, 2.45) is 5.92 Å². The van der Waals surface area contributed by atoms with Gasteiger partial charge in [0.25, 0.3) is 10.0 Å². The number of rotatable bonds is 7. The highest BCUT2D eigenvalue weighted by atomic mass is 32.2. The molecule has 0 radical (unpaired) electrons. The van der Waals surface area contributed by atoms with Gasteiger partial charge < -0.3 is 19.4 Å². The Bertz CT molecular complexity index is 865. The number of piperidine rings is 2. The van der Waals surface area contributed by atoms with Gasteiger partial charge in [-0.2, -0.15) is 4.31 Å². The van der Waals surface area contributed by atoms with Gasteiger partial charge in [-0.05, 0) is 58.6 Å². The van der Waals surface area contributed by atoms with Crippen LogP contribution in [0.4, 0.5) is 0 Å². The van der Waals surface area contributed by atoms with Crippen molar-refractivity contribution in [1.29, 1.82) is 0 Å². The fraction of sp³-hybridized carbons (Fsp3) is 0.714. The third-order valence-electron chi connectivity index (χ3n) is 6.08. The zero-order chi connectivity index (χ0) is 22.6. The largest absolute Gasteiger partial charge is 0.460 e. The Morgan fingerprint density at radius 1 is 1.13 bits per heavy atom. The molecule has 0 atom stereocenters. The van der Waals surface area contributed by atoms with Crippen molar-refractivity contribution in [3.05, 3.63) is 17.9 Å². The first-order valence-corrected chi connectivity index (χ1v) is 12.5. The zero-order valence-corrected chi connectivity index (χ0v) is 19.3. The Kier molecular flexibility index (Phi) is 7.77. The predicted molar refractivity (Wildman–Crippen MR) is 114 cm³/mol. The lowest BCUT2D eigenvalue weighted by Gasteiger charge is -2.36. The van der Waals surface area contributed by atoms with Crippen LogP contribution in [0.2, 0.25) is 0 Å². The molecule has 1 N–H and O–H groups in total. The third kappa shape index (κ3) is 5.67. The summed E-state index contributed by atoms with van der Waals surface area (Å²) < 4.78 is 37.0. The first kappa shape index (κ1) is 23.7. The minimum absolute atomic E-state index is 0.0163. The maximum atomic E-state index is 12.8. The van der Waals surface area contributed by atoms with Crippen LogP contribution < -0.4 is 5.32 Å². The minimum atomic E-state index is -3.86. The lowest BCUT2D eigenvalue weighted by molar-refractivity contribution is -0.127. The molecule has 0 unspecified atom stereocenters. The van der Waals surface area contributed by atoms with E-state index in [1.54, 1.807) is 6.92 Å². The topological polar surface area (TPSA) is 109 Å². The van der Waals surface area contributed by atoms with Gasteiger partial charge >= 0.3 is 5.97 Å². The quantitative estimate of drug-likeness (QED) is 0.625.